The number of nitrogens with zero attached hydrogens (tertiary/aromatic N) is 1. The lowest BCUT2D eigenvalue weighted by atomic mass is 10.1. The van der Waals surface area contributed by atoms with Crippen LogP contribution in [0.2, 0.25) is 0 Å². The predicted octanol–water partition coefficient (Wildman–Crippen LogP) is 3.78. The van der Waals surface area contributed by atoms with Crippen LogP contribution in [0.25, 0.3) is 0 Å². The fraction of sp³-hybridized carbons (Fsp3) is 0.214. The number of halogens is 1. The second kappa shape index (κ2) is 5.98. The van der Waals surface area contributed by atoms with Crippen molar-refractivity contribution < 1.29 is 4.39 Å². The molecule has 0 bridgehead atoms. The van der Waals surface area contributed by atoms with Crippen LogP contribution in [-0.4, -0.2) is 4.98 Å². The van der Waals surface area contributed by atoms with Gasteiger partial charge in [-0.3, -0.25) is 4.98 Å². The Kier molecular flexibility index (Phi) is 4.33. The van der Waals surface area contributed by atoms with E-state index >= 15 is 0 Å². The van der Waals surface area contributed by atoms with Gasteiger partial charge in [-0.2, -0.15) is 0 Å². The molecule has 0 aliphatic rings. The monoisotopic (exact) mass is 262 g/mol. The molecule has 1 atom stereocenters. The Bertz CT molecular complexity index is 496. The van der Waals surface area contributed by atoms with Crippen LogP contribution in [-0.2, 0) is 0 Å². The molecule has 1 aromatic heterocycles. The van der Waals surface area contributed by atoms with E-state index in [0.29, 0.717) is 0 Å². The van der Waals surface area contributed by atoms with Gasteiger partial charge in [0.15, 0.2) is 0 Å². The van der Waals surface area contributed by atoms with Crippen LogP contribution < -0.4 is 5.73 Å². The normalized spacial score (nSPS) is 12.4. The van der Waals surface area contributed by atoms with Crippen LogP contribution in [0, 0.1) is 5.82 Å². The molecule has 94 valence electrons. The molecule has 4 heteroatoms. The number of pyridine rings is 1. The van der Waals surface area contributed by atoms with E-state index < -0.39 is 0 Å². The minimum atomic E-state index is -0.221. The number of hydrogen-bond donors (Lipinski definition) is 1. The number of nitrogens with two attached hydrogens (primary N) is 1. The van der Waals surface area contributed by atoms with Crippen LogP contribution in [0.15, 0.2) is 52.4 Å². The molecule has 0 saturated heterocycles. The first-order valence-electron chi connectivity index (χ1n) is 5.84. The van der Waals surface area contributed by atoms with Gasteiger partial charge in [0.2, 0.25) is 0 Å². The van der Waals surface area contributed by atoms with Gasteiger partial charge in [0.25, 0.3) is 0 Å². The lowest BCUT2D eigenvalue weighted by molar-refractivity contribution is 0.626. The lowest BCUT2D eigenvalue weighted by Gasteiger charge is -2.08. The van der Waals surface area contributed by atoms with Crippen molar-refractivity contribution in [2.75, 3.05) is 0 Å². The molecule has 18 heavy (non-hydrogen) atoms. The molecule has 0 amide bonds. The third-order valence-electron chi connectivity index (χ3n) is 2.63. The minimum Gasteiger partial charge on any atom is -0.323 e. The zero-order valence-electron chi connectivity index (χ0n) is 10.1. The summed E-state index contributed by atoms with van der Waals surface area (Å²) in [5, 5.41) is 0. The topological polar surface area (TPSA) is 38.9 Å². The summed E-state index contributed by atoms with van der Waals surface area (Å²) in [6, 6.07) is 10.4. The van der Waals surface area contributed by atoms with E-state index in [9.17, 15) is 4.39 Å². The zero-order valence-corrected chi connectivity index (χ0v) is 11.0. The first-order chi connectivity index (χ1) is 8.69. The Labute approximate surface area is 110 Å². The van der Waals surface area contributed by atoms with Gasteiger partial charge >= 0.3 is 0 Å². The first-order valence-corrected chi connectivity index (χ1v) is 6.65. The average Bonchev–Trinajstić information content (AvgIpc) is 2.41. The molecule has 1 heterocycles. The molecule has 2 rings (SSSR count). The highest BCUT2D eigenvalue weighted by Crippen LogP contribution is 2.27. The molecule has 1 aromatic carbocycles. The van der Waals surface area contributed by atoms with Crippen molar-refractivity contribution in [3.05, 3.63) is 54.1 Å². The molecule has 2 N–H and O–H groups in total. The summed E-state index contributed by atoms with van der Waals surface area (Å²) in [5.74, 6) is -0.221. The molecule has 0 aliphatic heterocycles. The van der Waals surface area contributed by atoms with Crippen molar-refractivity contribution in [2.24, 2.45) is 5.73 Å². The van der Waals surface area contributed by atoms with E-state index in [4.69, 9.17) is 5.73 Å². The maximum Gasteiger partial charge on any atom is 0.123 e. The summed E-state index contributed by atoms with van der Waals surface area (Å²) in [6.45, 7) is 2.04. The van der Waals surface area contributed by atoms with Crippen LogP contribution in [0.1, 0.15) is 25.1 Å². The van der Waals surface area contributed by atoms with E-state index in [-0.39, 0.29) is 11.9 Å². The first kappa shape index (κ1) is 13.1. The van der Waals surface area contributed by atoms with Crippen molar-refractivity contribution in [1.29, 1.82) is 0 Å². The Morgan fingerprint density at radius 1 is 1.17 bits per heavy atom. The summed E-state index contributed by atoms with van der Waals surface area (Å²) in [6.07, 6.45) is 2.68. The molecule has 0 saturated carbocycles. The van der Waals surface area contributed by atoms with E-state index in [2.05, 4.69) is 4.98 Å². The Morgan fingerprint density at radius 2 is 1.83 bits per heavy atom. The number of benzene rings is 1. The molecular formula is C14H15FN2S. The zero-order chi connectivity index (χ0) is 13.0. The molecule has 1 unspecified atom stereocenters. The lowest BCUT2D eigenvalue weighted by Crippen LogP contribution is -2.10. The third kappa shape index (κ3) is 3.31. The van der Waals surface area contributed by atoms with Gasteiger partial charge in [-0.25, -0.2) is 4.39 Å². The van der Waals surface area contributed by atoms with Gasteiger partial charge in [-0.05, 0) is 42.8 Å². The van der Waals surface area contributed by atoms with Crippen molar-refractivity contribution in [3.8, 4) is 0 Å². The minimum absolute atomic E-state index is 0.00475. The molecule has 0 fully saturated rings. The van der Waals surface area contributed by atoms with Gasteiger partial charge < -0.3 is 5.73 Å². The predicted molar refractivity (Wildman–Crippen MR) is 72.0 cm³/mol. The van der Waals surface area contributed by atoms with E-state index in [0.717, 1.165) is 21.9 Å². The Morgan fingerprint density at radius 3 is 2.39 bits per heavy atom. The van der Waals surface area contributed by atoms with Gasteiger partial charge in [-0.15, -0.1) is 0 Å². The third-order valence-corrected chi connectivity index (χ3v) is 3.61. The quantitative estimate of drug-likeness (QED) is 0.911. The van der Waals surface area contributed by atoms with Crippen LogP contribution in [0.5, 0.6) is 0 Å². The molecule has 0 spiro atoms. The number of aromatic nitrogens is 1. The smallest absolute Gasteiger partial charge is 0.123 e. The summed E-state index contributed by atoms with van der Waals surface area (Å²) in [4.78, 5) is 6.36. The highest BCUT2D eigenvalue weighted by atomic mass is 32.2. The van der Waals surface area contributed by atoms with Crippen molar-refractivity contribution in [3.63, 3.8) is 0 Å². The Hall–Kier alpha value is -1.39. The van der Waals surface area contributed by atoms with Crippen molar-refractivity contribution in [1.82, 2.24) is 4.98 Å². The van der Waals surface area contributed by atoms with Gasteiger partial charge in [0.1, 0.15) is 5.82 Å². The SMILES string of the molecule is CCC(N)c1ccc(Sc2ccc(F)cc2)cn1. The van der Waals surface area contributed by atoms with E-state index in [1.165, 1.54) is 12.1 Å². The van der Waals surface area contributed by atoms with Crippen molar-refractivity contribution in [2.45, 2.75) is 29.2 Å². The van der Waals surface area contributed by atoms with Gasteiger partial charge in [0, 0.05) is 22.0 Å². The van der Waals surface area contributed by atoms with Crippen LogP contribution in [0.3, 0.4) is 0 Å². The van der Waals surface area contributed by atoms with Crippen LogP contribution >= 0.6 is 11.8 Å². The summed E-state index contributed by atoms with van der Waals surface area (Å²) < 4.78 is 12.8. The number of rotatable bonds is 4. The van der Waals surface area contributed by atoms with Crippen LogP contribution in [0.4, 0.5) is 4.39 Å². The van der Waals surface area contributed by atoms with Gasteiger partial charge in [0.05, 0.1) is 5.69 Å². The fourth-order valence-electron chi connectivity index (χ4n) is 1.52. The largest absolute Gasteiger partial charge is 0.323 e. The maximum atomic E-state index is 12.8. The molecule has 0 aliphatic carbocycles. The summed E-state index contributed by atoms with van der Waals surface area (Å²) in [7, 11) is 0. The van der Waals surface area contributed by atoms with Gasteiger partial charge in [-0.1, -0.05) is 18.7 Å². The van der Waals surface area contributed by atoms with E-state index in [1.54, 1.807) is 30.1 Å². The fourth-order valence-corrected chi connectivity index (χ4v) is 2.31. The maximum absolute atomic E-state index is 12.8. The van der Waals surface area contributed by atoms with E-state index in [1.807, 2.05) is 19.1 Å². The second-order valence-electron chi connectivity index (χ2n) is 3.99. The highest BCUT2D eigenvalue weighted by molar-refractivity contribution is 7.99. The molecular weight excluding hydrogens is 247 g/mol. The highest BCUT2D eigenvalue weighted by Gasteiger charge is 2.05. The van der Waals surface area contributed by atoms with Crippen molar-refractivity contribution >= 4 is 11.8 Å². The average molecular weight is 262 g/mol. The standard InChI is InChI=1S/C14H15FN2S/c1-2-13(16)14-8-7-12(9-17-14)18-11-5-3-10(15)4-6-11/h3-9,13H,2,16H2,1H3. The summed E-state index contributed by atoms with van der Waals surface area (Å²) >= 11 is 1.55. The molecule has 2 aromatic rings. The summed E-state index contributed by atoms with van der Waals surface area (Å²) in [5.41, 5.74) is 6.81. The molecule has 2 nitrogen and oxygen atoms in total. The number of hydrogen-bond acceptors (Lipinski definition) is 3. The second-order valence-corrected chi connectivity index (χ2v) is 5.14. The molecule has 0 radical (unpaired) electrons. The Balaban J connectivity index is 2.08.